The highest BCUT2D eigenvalue weighted by atomic mass is 19.4. The second-order valence-corrected chi connectivity index (χ2v) is 4.38. The second kappa shape index (κ2) is 4.06. The van der Waals surface area contributed by atoms with E-state index in [0.29, 0.717) is 5.54 Å². The molecule has 0 aromatic rings. The fourth-order valence-corrected chi connectivity index (χ4v) is 1.98. The Balaban J connectivity index is 0.000000213. The molecule has 1 atom stereocenters. The lowest BCUT2D eigenvalue weighted by molar-refractivity contribution is 0.00769. The third kappa shape index (κ3) is 3.84. The van der Waals surface area contributed by atoms with Gasteiger partial charge < -0.3 is 10.4 Å². The van der Waals surface area contributed by atoms with Crippen molar-refractivity contribution in [1.82, 2.24) is 5.32 Å². The molecule has 1 spiro atoms. The zero-order valence-corrected chi connectivity index (χ0v) is 8.19. The predicted octanol–water partition coefficient (Wildman–Crippen LogP) is 1.83. The Kier molecular flexibility index (Phi) is 3.42. The molecule has 1 saturated carbocycles. The van der Waals surface area contributed by atoms with Crippen molar-refractivity contribution in [2.75, 3.05) is 6.54 Å². The van der Waals surface area contributed by atoms with Gasteiger partial charge in [0.15, 0.2) is 0 Å². The van der Waals surface area contributed by atoms with Gasteiger partial charge in [0, 0.05) is 5.54 Å². The molecule has 2 nitrogen and oxygen atoms in total. The Morgan fingerprint density at radius 2 is 1.71 bits per heavy atom. The molecule has 14 heavy (non-hydrogen) atoms. The van der Waals surface area contributed by atoms with E-state index in [1.165, 1.54) is 12.8 Å². The van der Waals surface area contributed by atoms with Crippen LogP contribution in [0.3, 0.4) is 0 Å². The molecule has 0 aromatic heterocycles. The van der Waals surface area contributed by atoms with Crippen molar-refractivity contribution in [3.05, 3.63) is 0 Å². The first kappa shape index (κ1) is 11.8. The first-order valence-corrected chi connectivity index (χ1v) is 4.75. The lowest BCUT2D eigenvalue weighted by Crippen LogP contribution is -2.48. The molecule has 1 heterocycles. The minimum atomic E-state index is -3.67. The molecule has 1 aliphatic carbocycles. The molecule has 2 aliphatic rings. The van der Waals surface area contributed by atoms with Crippen molar-refractivity contribution in [3.63, 3.8) is 0 Å². The van der Waals surface area contributed by atoms with Crippen LogP contribution in [0.4, 0.5) is 13.2 Å². The van der Waals surface area contributed by atoms with Crippen LogP contribution in [0.2, 0.25) is 0 Å². The van der Waals surface area contributed by atoms with Gasteiger partial charge in [0.2, 0.25) is 0 Å². The van der Waals surface area contributed by atoms with Gasteiger partial charge in [-0.15, -0.1) is 0 Å². The maximum atomic E-state index is 9.71. The van der Waals surface area contributed by atoms with Crippen LogP contribution in [-0.2, 0) is 0 Å². The normalized spacial score (nSPS) is 33.9. The highest BCUT2D eigenvalue weighted by molar-refractivity contribution is 5.08. The standard InChI is InChI=1S/C8H15NO.CHF3/c1-7(10)4-5-9-8(6-7)2-3-8;2-1(3)4/h9-10H,2-6H2,1H3;1H/t7-;/m1./s1. The molecule has 1 saturated heterocycles. The average Bonchev–Trinajstić information content (AvgIpc) is 2.64. The number of alkyl halides is 3. The summed E-state index contributed by atoms with van der Waals surface area (Å²) in [6.07, 6.45) is 4.40. The van der Waals surface area contributed by atoms with Gasteiger partial charge in [-0.2, -0.15) is 13.2 Å². The highest BCUT2D eigenvalue weighted by Crippen LogP contribution is 2.45. The number of aliphatic hydroxyl groups is 1. The lowest BCUT2D eigenvalue weighted by Gasteiger charge is -2.35. The van der Waals surface area contributed by atoms with Crippen LogP contribution >= 0.6 is 0 Å². The van der Waals surface area contributed by atoms with Gasteiger partial charge in [0.05, 0.1) is 5.60 Å². The van der Waals surface area contributed by atoms with Crippen molar-refractivity contribution in [2.24, 2.45) is 0 Å². The number of rotatable bonds is 0. The largest absolute Gasteiger partial charge is 0.390 e. The zero-order chi connectivity index (χ0) is 10.8. The molecule has 0 unspecified atom stereocenters. The molecule has 1 aliphatic heterocycles. The molecule has 2 rings (SSSR count). The van der Waals surface area contributed by atoms with Crippen LogP contribution in [0.5, 0.6) is 0 Å². The summed E-state index contributed by atoms with van der Waals surface area (Å²) >= 11 is 0. The van der Waals surface area contributed by atoms with Crippen LogP contribution in [0, 0.1) is 0 Å². The fraction of sp³-hybridized carbons (Fsp3) is 1.00. The van der Waals surface area contributed by atoms with E-state index >= 15 is 0 Å². The van der Waals surface area contributed by atoms with Gasteiger partial charge in [-0.05, 0) is 39.2 Å². The summed E-state index contributed by atoms with van der Waals surface area (Å²) in [6, 6.07) is 0. The molecule has 0 bridgehead atoms. The number of piperidine rings is 1. The van der Waals surface area contributed by atoms with Gasteiger partial charge in [-0.25, -0.2) is 0 Å². The molecule has 0 amide bonds. The van der Waals surface area contributed by atoms with E-state index in [0.717, 1.165) is 19.4 Å². The molecular weight excluding hydrogens is 195 g/mol. The Morgan fingerprint density at radius 1 is 1.21 bits per heavy atom. The van der Waals surface area contributed by atoms with Gasteiger partial charge in [-0.1, -0.05) is 0 Å². The van der Waals surface area contributed by atoms with Crippen LogP contribution in [0.15, 0.2) is 0 Å². The van der Waals surface area contributed by atoms with E-state index < -0.39 is 6.68 Å². The van der Waals surface area contributed by atoms with Crippen LogP contribution in [-0.4, -0.2) is 29.5 Å². The van der Waals surface area contributed by atoms with E-state index in [4.69, 9.17) is 0 Å². The molecule has 5 heteroatoms. The average molecular weight is 211 g/mol. The Labute approximate surface area is 81.5 Å². The first-order chi connectivity index (χ1) is 6.35. The van der Waals surface area contributed by atoms with E-state index in [-0.39, 0.29) is 5.60 Å². The SMILES string of the molecule is C[C@@]1(O)CCNC2(CC2)C1.FC(F)F. The van der Waals surface area contributed by atoms with E-state index in [2.05, 4.69) is 5.32 Å². The summed E-state index contributed by atoms with van der Waals surface area (Å²) < 4.78 is 29.0. The fourth-order valence-electron chi connectivity index (χ4n) is 1.98. The van der Waals surface area contributed by atoms with Crippen molar-refractivity contribution < 1.29 is 18.3 Å². The van der Waals surface area contributed by atoms with Gasteiger partial charge >= 0.3 is 6.68 Å². The van der Waals surface area contributed by atoms with E-state index in [9.17, 15) is 18.3 Å². The minimum Gasteiger partial charge on any atom is -0.390 e. The summed E-state index contributed by atoms with van der Waals surface area (Å²) in [6.45, 7) is -0.721. The lowest BCUT2D eigenvalue weighted by atomic mass is 9.88. The Bertz CT molecular complexity index is 186. The van der Waals surface area contributed by atoms with E-state index in [1.807, 2.05) is 6.92 Å². The topological polar surface area (TPSA) is 32.3 Å². The number of hydrogen-bond donors (Lipinski definition) is 2. The number of hydrogen-bond acceptors (Lipinski definition) is 2. The van der Waals surface area contributed by atoms with Crippen LogP contribution in [0.25, 0.3) is 0 Å². The van der Waals surface area contributed by atoms with E-state index in [1.54, 1.807) is 0 Å². The van der Waals surface area contributed by atoms with Crippen molar-refractivity contribution in [2.45, 2.75) is 50.4 Å². The molecular formula is C9H16F3NO. The Morgan fingerprint density at radius 3 is 2.00 bits per heavy atom. The first-order valence-electron chi connectivity index (χ1n) is 4.75. The molecule has 2 fully saturated rings. The second-order valence-electron chi connectivity index (χ2n) is 4.38. The van der Waals surface area contributed by atoms with Crippen molar-refractivity contribution >= 4 is 0 Å². The van der Waals surface area contributed by atoms with Crippen molar-refractivity contribution in [1.29, 1.82) is 0 Å². The zero-order valence-electron chi connectivity index (χ0n) is 8.19. The third-order valence-electron chi connectivity index (χ3n) is 2.74. The molecule has 0 aromatic carbocycles. The summed E-state index contributed by atoms with van der Waals surface area (Å²) in [5.41, 5.74) is -0.0243. The Hall–Kier alpha value is -0.290. The van der Waals surface area contributed by atoms with Crippen molar-refractivity contribution in [3.8, 4) is 0 Å². The summed E-state index contributed by atoms with van der Waals surface area (Å²) in [5, 5.41) is 13.2. The minimum absolute atomic E-state index is 0.363. The maximum Gasteiger partial charge on any atom is 0.379 e. The van der Waals surface area contributed by atoms with Gasteiger partial charge in [-0.3, -0.25) is 0 Å². The summed E-state index contributed by atoms with van der Waals surface area (Å²) in [7, 11) is 0. The number of halogens is 3. The predicted molar refractivity (Wildman–Crippen MR) is 46.9 cm³/mol. The van der Waals surface area contributed by atoms with Crippen LogP contribution < -0.4 is 5.32 Å². The molecule has 2 N–H and O–H groups in total. The quantitative estimate of drug-likeness (QED) is 0.640. The monoisotopic (exact) mass is 211 g/mol. The third-order valence-corrected chi connectivity index (χ3v) is 2.74. The molecule has 0 radical (unpaired) electrons. The molecule has 84 valence electrons. The van der Waals surface area contributed by atoms with Crippen LogP contribution in [0.1, 0.15) is 32.6 Å². The smallest absolute Gasteiger partial charge is 0.379 e. The van der Waals surface area contributed by atoms with Gasteiger partial charge in [0.1, 0.15) is 0 Å². The summed E-state index contributed by atoms with van der Waals surface area (Å²) in [5.74, 6) is 0. The summed E-state index contributed by atoms with van der Waals surface area (Å²) in [4.78, 5) is 0. The number of nitrogens with one attached hydrogen (secondary N) is 1. The highest BCUT2D eigenvalue weighted by Gasteiger charge is 2.49. The van der Waals surface area contributed by atoms with Gasteiger partial charge in [0.25, 0.3) is 0 Å². The maximum absolute atomic E-state index is 9.71.